The number of hydrogen-bond acceptors (Lipinski definition) is 3. The fourth-order valence-electron chi connectivity index (χ4n) is 7.14. The van der Waals surface area contributed by atoms with Crippen molar-refractivity contribution in [2.45, 2.75) is 169 Å². The van der Waals surface area contributed by atoms with Crippen LogP contribution < -0.4 is 0 Å². The number of hydrogen-bond donors (Lipinski definition) is 0. The summed E-state index contributed by atoms with van der Waals surface area (Å²) in [5.41, 5.74) is 8.37. The molecule has 0 aliphatic carbocycles. The van der Waals surface area contributed by atoms with E-state index in [1.54, 1.807) is 0 Å². The molecule has 0 aliphatic rings. The van der Waals surface area contributed by atoms with Crippen LogP contribution in [0.25, 0.3) is 34.2 Å². The predicted molar refractivity (Wildman–Crippen MR) is 217 cm³/mol. The van der Waals surface area contributed by atoms with Crippen LogP contribution in [0, 0.1) is 13.8 Å². The molecule has 4 aromatic rings. The van der Waals surface area contributed by atoms with Crippen molar-refractivity contribution in [3.63, 3.8) is 0 Å². The minimum atomic E-state index is 0.737. The average Bonchev–Trinajstić information content (AvgIpc) is 3.13. The van der Waals surface area contributed by atoms with E-state index >= 15 is 0 Å². The lowest BCUT2D eigenvalue weighted by Crippen LogP contribution is -2.01. The molecule has 0 amide bonds. The van der Waals surface area contributed by atoms with Crippen LogP contribution >= 0.6 is 0 Å². The van der Waals surface area contributed by atoms with Crippen LogP contribution in [0.2, 0.25) is 0 Å². The lowest BCUT2D eigenvalue weighted by molar-refractivity contribution is 0.556. The largest absolute Gasteiger partial charge is 0.208 e. The number of benzene rings is 3. The van der Waals surface area contributed by atoms with Gasteiger partial charge >= 0.3 is 0 Å². The molecule has 0 bridgehead atoms. The zero-order chi connectivity index (χ0) is 35.2. The highest BCUT2D eigenvalue weighted by atomic mass is 15.0. The van der Waals surface area contributed by atoms with E-state index in [2.05, 4.69) is 94.4 Å². The Morgan fingerprint density at radius 2 is 0.640 bits per heavy atom. The molecule has 0 fully saturated rings. The van der Waals surface area contributed by atoms with Crippen molar-refractivity contribution in [3.05, 3.63) is 89.0 Å². The Hall–Kier alpha value is -3.33. The highest BCUT2D eigenvalue weighted by Crippen LogP contribution is 2.27. The van der Waals surface area contributed by atoms with Gasteiger partial charge in [-0.3, -0.25) is 0 Å². The van der Waals surface area contributed by atoms with Gasteiger partial charge in [-0.25, -0.2) is 15.0 Å². The minimum Gasteiger partial charge on any atom is -0.208 e. The van der Waals surface area contributed by atoms with E-state index in [4.69, 9.17) is 15.0 Å². The molecule has 4 rings (SSSR count). The van der Waals surface area contributed by atoms with Gasteiger partial charge in [0.15, 0.2) is 17.5 Å². The second-order valence-electron chi connectivity index (χ2n) is 14.9. The molecular weight excluding hydrogens is 607 g/mol. The molecule has 270 valence electrons. The van der Waals surface area contributed by atoms with Crippen LogP contribution in [0.1, 0.15) is 165 Å². The molecule has 1 heterocycles. The lowest BCUT2D eigenvalue weighted by Gasteiger charge is -2.11. The summed E-state index contributed by atoms with van der Waals surface area (Å²) in [7, 11) is 0. The van der Waals surface area contributed by atoms with Gasteiger partial charge in [-0.2, -0.15) is 0 Å². The molecule has 0 N–H and O–H groups in total. The van der Waals surface area contributed by atoms with Crippen molar-refractivity contribution >= 4 is 0 Å². The summed E-state index contributed by atoms with van der Waals surface area (Å²) in [6, 6.07) is 24.4. The second kappa shape index (κ2) is 23.2. The first kappa shape index (κ1) is 39.5. The molecule has 0 unspecified atom stereocenters. The fraction of sp³-hybridized carbons (Fsp3) is 0.553. The van der Waals surface area contributed by atoms with Gasteiger partial charge in [0.25, 0.3) is 0 Å². The van der Waals surface area contributed by atoms with E-state index in [1.165, 1.54) is 151 Å². The van der Waals surface area contributed by atoms with E-state index in [0.717, 1.165) is 47.0 Å². The van der Waals surface area contributed by atoms with E-state index < -0.39 is 0 Å². The molecule has 0 saturated carbocycles. The summed E-state index contributed by atoms with van der Waals surface area (Å²) in [5, 5.41) is 0. The van der Waals surface area contributed by atoms with Crippen molar-refractivity contribution in [3.8, 4) is 34.2 Å². The summed E-state index contributed by atoms with van der Waals surface area (Å²) in [6.45, 7) is 8.86. The van der Waals surface area contributed by atoms with Gasteiger partial charge < -0.3 is 0 Å². The topological polar surface area (TPSA) is 38.7 Å². The van der Waals surface area contributed by atoms with Gasteiger partial charge in [-0.05, 0) is 62.8 Å². The Balaban J connectivity index is 1.35. The van der Waals surface area contributed by atoms with Crippen molar-refractivity contribution in [1.29, 1.82) is 0 Å². The maximum Gasteiger partial charge on any atom is 0.164 e. The number of rotatable bonds is 25. The Bertz CT molecular complexity index is 1380. The zero-order valence-electron chi connectivity index (χ0n) is 32.2. The Labute approximate surface area is 306 Å². The second-order valence-corrected chi connectivity index (χ2v) is 14.9. The monoisotopic (exact) mass is 674 g/mol. The van der Waals surface area contributed by atoms with Crippen molar-refractivity contribution in [2.24, 2.45) is 0 Å². The Kier molecular flexibility index (Phi) is 18.3. The van der Waals surface area contributed by atoms with E-state index in [-0.39, 0.29) is 0 Å². The van der Waals surface area contributed by atoms with Crippen LogP contribution in [-0.2, 0) is 12.8 Å². The molecule has 3 nitrogen and oxygen atoms in total. The van der Waals surface area contributed by atoms with Gasteiger partial charge in [0.1, 0.15) is 0 Å². The predicted octanol–water partition coefficient (Wildman–Crippen LogP) is 14.4. The summed E-state index contributed by atoms with van der Waals surface area (Å²) in [5.74, 6) is 2.22. The van der Waals surface area contributed by atoms with E-state index in [0.29, 0.717) is 0 Å². The number of nitrogens with zero attached hydrogens (tertiary/aromatic N) is 3. The maximum atomic E-state index is 5.04. The maximum absolute atomic E-state index is 5.04. The molecule has 0 radical (unpaired) electrons. The van der Waals surface area contributed by atoms with Gasteiger partial charge in [-0.1, -0.05) is 195 Å². The van der Waals surface area contributed by atoms with E-state index in [9.17, 15) is 0 Å². The van der Waals surface area contributed by atoms with Crippen molar-refractivity contribution < 1.29 is 0 Å². The SMILES string of the molecule is CCCCCCCCCCCCc1ccc(-c2nc(-c3ccc(CCCCCCCCCCCC)cc3)nc(-c3cc(C)cc(C)c3)n2)cc1. The minimum absolute atomic E-state index is 0.737. The first-order chi connectivity index (χ1) is 24.6. The zero-order valence-corrected chi connectivity index (χ0v) is 32.2. The summed E-state index contributed by atoms with van der Waals surface area (Å²) in [4.78, 5) is 15.1. The number of aryl methyl sites for hydroxylation is 4. The molecule has 3 heteroatoms. The van der Waals surface area contributed by atoms with Gasteiger partial charge in [0, 0.05) is 16.7 Å². The first-order valence-electron chi connectivity index (χ1n) is 20.6. The molecule has 50 heavy (non-hydrogen) atoms. The summed E-state index contributed by atoms with van der Waals surface area (Å²) < 4.78 is 0. The normalized spacial score (nSPS) is 11.4. The van der Waals surface area contributed by atoms with Crippen molar-refractivity contribution in [2.75, 3.05) is 0 Å². The highest BCUT2D eigenvalue weighted by Gasteiger charge is 2.13. The highest BCUT2D eigenvalue weighted by molar-refractivity contribution is 5.67. The van der Waals surface area contributed by atoms with Crippen LogP contribution in [0.4, 0.5) is 0 Å². The molecular formula is C47H67N3. The van der Waals surface area contributed by atoms with Crippen molar-refractivity contribution in [1.82, 2.24) is 15.0 Å². The van der Waals surface area contributed by atoms with Crippen LogP contribution in [0.5, 0.6) is 0 Å². The van der Waals surface area contributed by atoms with Gasteiger partial charge in [-0.15, -0.1) is 0 Å². The number of aromatic nitrogens is 3. The third-order valence-corrected chi connectivity index (χ3v) is 10.2. The average molecular weight is 674 g/mol. The Morgan fingerprint density at radius 3 is 0.980 bits per heavy atom. The van der Waals surface area contributed by atoms with Crippen LogP contribution in [0.3, 0.4) is 0 Å². The molecule has 0 atom stereocenters. The van der Waals surface area contributed by atoms with Gasteiger partial charge in [0.2, 0.25) is 0 Å². The Morgan fingerprint density at radius 1 is 0.340 bits per heavy atom. The van der Waals surface area contributed by atoms with E-state index in [1.807, 2.05) is 0 Å². The number of unbranched alkanes of at least 4 members (excludes halogenated alkanes) is 18. The molecule has 0 aliphatic heterocycles. The lowest BCUT2D eigenvalue weighted by atomic mass is 10.0. The third kappa shape index (κ3) is 14.5. The molecule has 0 spiro atoms. The molecule has 0 saturated heterocycles. The smallest absolute Gasteiger partial charge is 0.164 e. The molecule has 1 aromatic heterocycles. The van der Waals surface area contributed by atoms with Gasteiger partial charge in [0.05, 0.1) is 0 Å². The quantitative estimate of drug-likeness (QED) is 0.0657. The summed E-state index contributed by atoms with van der Waals surface area (Å²) in [6.07, 6.45) is 29.7. The standard InChI is InChI=1S/C47H67N3/c1-5-7-9-11-13-15-17-19-21-23-25-40-27-31-42(32-28-40)45-48-46(50-47(49-45)44-36-38(3)35-39(4)37-44)43-33-29-41(30-34-43)26-24-22-20-18-16-14-12-10-8-6-2/h27-37H,5-26H2,1-4H3. The third-order valence-electron chi connectivity index (χ3n) is 10.2. The fourth-order valence-corrected chi connectivity index (χ4v) is 7.14. The van der Waals surface area contributed by atoms with Crippen LogP contribution in [0.15, 0.2) is 66.7 Å². The first-order valence-corrected chi connectivity index (χ1v) is 20.6. The van der Waals surface area contributed by atoms with Crippen LogP contribution in [-0.4, -0.2) is 15.0 Å². The molecule has 3 aromatic carbocycles. The summed E-state index contributed by atoms with van der Waals surface area (Å²) >= 11 is 0.